The van der Waals surface area contributed by atoms with Gasteiger partial charge in [0.2, 0.25) is 5.78 Å². The molecule has 0 amide bonds. The Hall–Kier alpha value is -3.07. The maximum atomic E-state index is 12.7. The number of benzene rings is 2. The summed E-state index contributed by atoms with van der Waals surface area (Å²) in [6, 6.07) is 22.7. The van der Waals surface area contributed by atoms with Crippen LogP contribution < -0.4 is 5.32 Å². The summed E-state index contributed by atoms with van der Waals surface area (Å²) in [5.41, 5.74) is 1.50. The van der Waals surface area contributed by atoms with Gasteiger partial charge >= 0.3 is 0 Å². The summed E-state index contributed by atoms with van der Waals surface area (Å²) in [7, 11) is 0. The van der Waals surface area contributed by atoms with Crippen molar-refractivity contribution in [2.75, 3.05) is 5.32 Å². The smallest absolute Gasteiger partial charge is 0.205 e. The molecule has 1 aromatic heterocycles. The Morgan fingerprint density at radius 3 is 2.68 bits per heavy atom. The molecule has 0 saturated heterocycles. The number of carbonyl (C=O) groups excluding carboxylic acids is 1. The van der Waals surface area contributed by atoms with Gasteiger partial charge in [0.25, 0.3) is 0 Å². The largest absolute Gasteiger partial charge is 0.345 e. The number of allylic oxidation sites excluding steroid dienone is 1. The molecule has 0 bridgehead atoms. The van der Waals surface area contributed by atoms with Gasteiger partial charge < -0.3 is 5.32 Å². The molecular formula is C22H16ClN3OS. The van der Waals surface area contributed by atoms with Crippen molar-refractivity contribution in [1.82, 2.24) is 4.98 Å². The van der Waals surface area contributed by atoms with Crippen LogP contribution in [0, 0.1) is 11.3 Å². The molecule has 1 N–H and O–H groups in total. The Morgan fingerprint density at radius 2 is 1.96 bits per heavy atom. The van der Waals surface area contributed by atoms with E-state index in [4.69, 9.17) is 11.6 Å². The van der Waals surface area contributed by atoms with Gasteiger partial charge in [0.15, 0.2) is 0 Å². The van der Waals surface area contributed by atoms with Crippen molar-refractivity contribution in [1.29, 1.82) is 5.26 Å². The van der Waals surface area contributed by atoms with Crippen LogP contribution in [-0.4, -0.2) is 10.8 Å². The normalized spacial score (nSPS) is 10.9. The SMILES string of the molecule is N#C/C(=C\Nc1ccc(Cl)cn1)C(=O)c1cccc(CSc2ccccc2)c1. The zero-order chi connectivity index (χ0) is 19.8. The van der Waals surface area contributed by atoms with E-state index in [9.17, 15) is 10.1 Å². The molecule has 0 saturated carbocycles. The Kier molecular flexibility index (Phi) is 6.85. The number of halogens is 1. The summed E-state index contributed by atoms with van der Waals surface area (Å²) < 4.78 is 0. The van der Waals surface area contributed by atoms with E-state index in [1.165, 1.54) is 12.4 Å². The highest BCUT2D eigenvalue weighted by molar-refractivity contribution is 7.98. The molecule has 0 spiro atoms. The van der Waals surface area contributed by atoms with Gasteiger partial charge in [-0.2, -0.15) is 5.26 Å². The molecule has 0 aliphatic rings. The van der Waals surface area contributed by atoms with Crippen molar-refractivity contribution in [2.24, 2.45) is 0 Å². The third-order valence-electron chi connectivity index (χ3n) is 3.79. The first kappa shape index (κ1) is 19.7. The van der Waals surface area contributed by atoms with Crippen LogP contribution in [0.1, 0.15) is 15.9 Å². The summed E-state index contributed by atoms with van der Waals surface area (Å²) in [5, 5.41) is 12.7. The van der Waals surface area contributed by atoms with Gasteiger partial charge in [-0.1, -0.05) is 48.0 Å². The summed E-state index contributed by atoms with van der Waals surface area (Å²) in [5.74, 6) is 0.900. The standard InChI is InChI=1S/C22H16ClN3OS/c23-19-9-10-21(26-14-19)25-13-18(12-24)22(27)17-6-4-5-16(11-17)15-28-20-7-2-1-3-8-20/h1-11,13-14H,15H2,(H,25,26)/b18-13+. The molecule has 2 aromatic carbocycles. The van der Waals surface area contributed by atoms with E-state index in [0.29, 0.717) is 16.4 Å². The predicted molar refractivity (Wildman–Crippen MR) is 113 cm³/mol. The van der Waals surface area contributed by atoms with E-state index >= 15 is 0 Å². The fourth-order valence-electron chi connectivity index (χ4n) is 2.40. The molecule has 0 aliphatic heterocycles. The van der Waals surface area contributed by atoms with Gasteiger partial charge in [0, 0.05) is 28.6 Å². The topological polar surface area (TPSA) is 65.8 Å². The van der Waals surface area contributed by atoms with Crippen LogP contribution in [0.25, 0.3) is 0 Å². The number of pyridine rings is 1. The highest BCUT2D eigenvalue weighted by Crippen LogP contribution is 2.23. The number of ketones is 1. The van der Waals surface area contributed by atoms with Gasteiger partial charge in [-0.3, -0.25) is 4.79 Å². The zero-order valence-electron chi connectivity index (χ0n) is 14.8. The lowest BCUT2D eigenvalue weighted by Gasteiger charge is -2.05. The second-order valence-electron chi connectivity index (χ2n) is 5.81. The summed E-state index contributed by atoms with van der Waals surface area (Å²) in [6.45, 7) is 0. The molecule has 138 valence electrons. The number of thioether (sulfide) groups is 1. The Labute approximate surface area is 172 Å². The average molecular weight is 406 g/mol. The molecule has 1 heterocycles. The Balaban J connectivity index is 1.70. The van der Waals surface area contributed by atoms with Crippen LogP contribution in [0.5, 0.6) is 0 Å². The number of nitrogens with one attached hydrogen (secondary N) is 1. The third-order valence-corrected chi connectivity index (χ3v) is 5.10. The lowest BCUT2D eigenvalue weighted by molar-refractivity contribution is 0.103. The van der Waals surface area contributed by atoms with Crippen molar-refractivity contribution < 1.29 is 4.79 Å². The summed E-state index contributed by atoms with van der Waals surface area (Å²) in [6.07, 6.45) is 2.85. The number of anilines is 1. The first-order valence-electron chi connectivity index (χ1n) is 8.45. The van der Waals surface area contributed by atoms with Crippen molar-refractivity contribution in [3.63, 3.8) is 0 Å². The Morgan fingerprint density at radius 1 is 1.14 bits per heavy atom. The average Bonchev–Trinajstić information content (AvgIpc) is 2.75. The number of hydrogen-bond acceptors (Lipinski definition) is 5. The van der Waals surface area contributed by atoms with Crippen molar-refractivity contribution in [2.45, 2.75) is 10.6 Å². The number of hydrogen-bond donors (Lipinski definition) is 1. The van der Waals surface area contributed by atoms with Gasteiger partial charge in [-0.25, -0.2) is 4.98 Å². The maximum Gasteiger partial charge on any atom is 0.205 e. The highest BCUT2D eigenvalue weighted by atomic mass is 35.5. The highest BCUT2D eigenvalue weighted by Gasteiger charge is 2.13. The van der Waals surface area contributed by atoms with Crippen molar-refractivity contribution >= 4 is 35.0 Å². The molecular weight excluding hydrogens is 390 g/mol. The van der Waals surface area contributed by atoms with E-state index in [1.807, 2.05) is 54.6 Å². The molecule has 0 radical (unpaired) electrons. The van der Waals surface area contributed by atoms with Crippen LogP contribution >= 0.6 is 23.4 Å². The predicted octanol–water partition coefficient (Wildman–Crippen LogP) is 5.73. The molecule has 0 unspecified atom stereocenters. The quantitative estimate of drug-likeness (QED) is 0.235. The molecule has 4 nitrogen and oxygen atoms in total. The first-order valence-corrected chi connectivity index (χ1v) is 9.82. The molecule has 0 fully saturated rings. The van der Waals surface area contributed by atoms with E-state index < -0.39 is 0 Å². The summed E-state index contributed by atoms with van der Waals surface area (Å²) >= 11 is 7.49. The molecule has 3 rings (SSSR count). The van der Waals surface area contributed by atoms with Crippen LogP contribution in [0.2, 0.25) is 5.02 Å². The number of Topliss-reactive ketones (excluding diaryl/α,β-unsaturated/α-hetero) is 1. The minimum atomic E-state index is -0.337. The summed E-state index contributed by atoms with van der Waals surface area (Å²) in [4.78, 5) is 17.9. The monoisotopic (exact) mass is 405 g/mol. The van der Waals surface area contributed by atoms with E-state index in [0.717, 1.165) is 16.2 Å². The van der Waals surface area contributed by atoms with Crippen LogP contribution in [0.3, 0.4) is 0 Å². The second-order valence-corrected chi connectivity index (χ2v) is 7.29. The number of rotatable bonds is 7. The fraction of sp³-hybridized carbons (Fsp3) is 0.0455. The fourth-order valence-corrected chi connectivity index (χ4v) is 3.37. The van der Waals surface area contributed by atoms with Crippen LogP contribution in [-0.2, 0) is 5.75 Å². The number of nitriles is 1. The minimum Gasteiger partial charge on any atom is -0.345 e. The van der Waals surface area contributed by atoms with E-state index in [1.54, 1.807) is 30.0 Å². The van der Waals surface area contributed by atoms with Crippen molar-refractivity contribution in [3.8, 4) is 6.07 Å². The van der Waals surface area contributed by atoms with Gasteiger partial charge in [0.05, 0.1) is 5.02 Å². The number of aromatic nitrogens is 1. The van der Waals surface area contributed by atoms with Gasteiger partial charge in [-0.05, 0) is 35.9 Å². The van der Waals surface area contributed by atoms with Gasteiger partial charge in [-0.15, -0.1) is 11.8 Å². The third kappa shape index (κ3) is 5.46. The number of nitrogens with zero attached hydrogens (tertiary/aromatic N) is 2. The minimum absolute atomic E-state index is 0.00427. The van der Waals surface area contributed by atoms with E-state index in [2.05, 4.69) is 10.3 Å². The maximum absolute atomic E-state index is 12.7. The molecule has 6 heteroatoms. The Bertz CT molecular complexity index is 1030. The van der Waals surface area contributed by atoms with E-state index in [-0.39, 0.29) is 11.4 Å². The number of carbonyl (C=O) groups is 1. The molecule has 28 heavy (non-hydrogen) atoms. The van der Waals surface area contributed by atoms with Crippen LogP contribution in [0.4, 0.5) is 5.82 Å². The molecule has 3 aromatic rings. The molecule has 0 atom stereocenters. The lowest BCUT2D eigenvalue weighted by atomic mass is 10.0. The zero-order valence-corrected chi connectivity index (χ0v) is 16.4. The second kappa shape index (κ2) is 9.75. The lowest BCUT2D eigenvalue weighted by Crippen LogP contribution is -2.05. The first-order chi connectivity index (χ1) is 13.7. The van der Waals surface area contributed by atoms with Crippen LogP contribution in [0.15, 0.2) is 89.6 Å². The van der Waals surface area contributed by atoms with Gasteiger partial charge in [0.1, 0.15) is 17.5 Å². The van der Waals surface area contributed by atoms with Crippen molar-refractivity contribution in [3.05, 3.63) is 101 Å². The molecule has 0 aliphatic carbocycles.